The Morgan fingerprint density at radius 2 is 2.00 bits per heavy atom. The van der Waals surface area contributed by atoms with Crippen LogP contribution in [0.2, 0.25) is 5.02 Å². The lowest BCUT2D eigenvalue weighted by Gasteiger charge is -1.91. The first-order valence-corrected chi connectivity index (χ1v) is 6.08. The summed E-state index contributed by atoms with van der Waals surface area (Å²) in [5.74, 6) is 0.188. The molecule has 0 aliphatic carbocycles. The molecule has 3 rings (SSSR count). The number of rotatable bonds is 2. The molecule has 4 heteroatoms. The molecule has 0 saturated carbocycles. The van der Waals surface area contributed by atoms with Crippen LogP contribution in [-0.4, -0.2) is 4.98 Å². The maximum absolute atomic E-state index is 13.0. The predicted molar refractivity (Wildman–Crippen MR) is 74.3 cm³/mol. The van der Waals surface area contributed by atoms with Gasteiger partial charge in [-0.05, 0) is 42.0 Å². The summed E-state index contributed by atoms with van der Waals surface area (Å²) in [7, 11) is 0. The van der Waals surface area contributed by atoms with Crippen molar-refractivity contribution in [2.75, 3.05) is 0 Å². The second kappa shape index (κ2) is 4.86. The molecule has 1 heterocycles. The second-order valence-electron chi connectivity index (χ2n) is 4.05. The van der Waals surface area contributed by atoms with Gasteiger partial charge in [0.1, 0.15) is 11.3 Å². The molecular formula is C15H9ClFNO. The van der Waals surface area contributed by atoms with Crippen LogP contribution in [0.4, 0.5) is 4.39 Å². The molecule has 94 valence electrons. The van der Waals surface area contributed by atoms with Crippen LogP contribution in [-0.2, 0) is 0 Å². The summed E-state index contributed by atoms with van der Waals surface area (Å²) in [5.41, 5.74) is 2.12. The third-order valence-corrected chi connectivity index (χ3v) is 2.87. The fourth-order valence-electron chi connectivity index (χ4n) is 1.77. The van der Waals surface area contributed by atoms with Gasteiger partial charge >= 0.3 is 0 Å². The summed E-state index contributed by atoms with van der Waals surface area (Å²) in [5, 5.41) is 0.612. The number of aromatic nitrogens is 1. The molecule has 0 aliphatic heterocycles. The van der Waals surface area contributed by atoms with Crippen LogP contribution in [0.1, 0.15) is 11.5 Å². The zero-order valence-corrected chi connectivity index (χ0v) is 10.6. The Bertz CT molecular complexity index is 764. The summed E-state index contributed by atoms with van der Waals surface area (Å²) >= 11 is 5.88. The summed E-state index contributed by atoms with van der Waals surface area (Å²) in [6.07, 6.45) is 3.44. The number of nitrogens with zero attached hydrogens (tertiary/aromatic N) is 1. The van der Waals surface area contributed by atoms with Gasteiger partial charge in [-0.25, -0.2) is 9.37 Å². The first-order valence-electron chi connectivity index (χ1n) is 5.70. The van der Waals surface area contributed by atoms with Crippen LogP contribution >= 0.6 is 11.6 Å². The van der Waals surface area contributed by atoms with Crippen molar-refractivity contribution in [3.05, 3.63) is 64.8 Å². The Morgan fingerprint density at radius 1 is 1.11 bits per heavy atom. The first kappa shape index (κ1) is 11.9. The van der Waals surface area contributed by atoms with E-state index in [2.05, 4.69) is 4.98 Å². The molecular weight excluding hydrogens is 265 g/mol. The van der Waals surface area contributed by atoms with E-state index in [1.54, 1.807) is 42.5 Å². The number of hydrogen-bond acceptors (Lipinski definition) is 2. The molecule has 0 radical (unpaired) electrons. The number of fused-ring (bicyclic) bond motifs is 1. The van der Waals surface area contributed by atoms with Gasteiger partial charge in [0.2, 0.25) is 5.89 Å². The molecule has 0 unspecified atom stereocenters. The van der Waals surface area contributed by atoms with Crippen LogP contribution < -0.4 is 0 Å². The van der Waals surface area contributed by atoms with Crippen molar-refractivity contribution in [2.45, 2.75) is 0 Å². The van der Waals surface area contributed by atoms with Crippen molar-refractivity contribution in [1.29, 1.82) is 0 Å². The van der Waals surface area contributed by atoms with Crippen molar-refractivity contribution in [3.8, 4) is 0 Å². The molecule has 0 saturated heterocycles. The zero-order valence-electron chi connectivity index (χ0n) is 9.81. The second-order valence-corrected chi connectivity index (χ2v) is 4.49. The lowest BCUT2D eigenvalue weighted by atomic mass is 10.2. The lowest BCUT2D eigenvalue weighted by Crippen LogP contribution is -1.75. The SMILES string of the molecule is Fc1cccc(/C=C/c2nc3cc(Cl)ccc3o2)c1. The van der Waals surface area contributed by atoms with Gasteiger partial charge in [0.15, 0.2) is 5.58 Å². The molecule has 0 bridgehead atoms. The minimum atomic E-state index is -0.272. The van der Waals surface area contributed by atoms with Gasteiger partial charge in [-0.2, -0.15) is 0 Å². The third-order valence-electron chi connectivity index (χ3n) is 2.63. The van der Waals surface area contributed by atoms with Crippen molar-refractivity contribution in [1.82, 2.24) is 4.98 Å². The molecule has 3 aromatic rings. The molecule has 0 fully saturated rings. The van der Waals surface area contributed by atoms with Gasteiger partial charge in [-0.15, -0.1) is 0 Å². The Morgan fingerprint density at radius 3 is 2.84 bits per heavy atom. The van der Waals surface area contributed by atoms with Crippen molar-refractivity contribution < 1.29 is 8.81 Å². The molecule has 1 aromatic heterocycles. The van der Waals surface area contributed by atoms with Crippen molar-refractivity contribution >= 4 is 34.9 Å². The molecule has 19 heavy (non-hydrogen) atoms. The first-order chi connectivity index (χ1) is 9.20. The number of benzene rings is 2. The Balaban J connectivity index is 1.92. The van der Waals surface area contributed by atoms with Crippen molar-refractivity contribution in [3.63, 3.8) is 0 Å². The Kier molecular flexibility index (Phi) is 3.05. The Labute approximate surface area is 114 Å². The average Bonchev–Trinajstić information content (AvgIpc) is 2.78. The maximum Gasteiger partial charge on any atom is 0.220 e. The van der Waals surface area contributed by atoms with Crippen LogP contribution in [0, 0.1) is 5.82 Å². The average molecular weight is 274 g/mol. The summed E-state index contributed by atoms with van der Waals surface area (Å²) in [6.45, 7) is 0. The Hall–Kier alpha value is -2.13. The lowest BCUT2D eigenvalue weighted by molar-refractivity contribution is 0.589. The molecule has 0 atom stereocenters. The van der Waals surface area contributed by atoms with E-state index in [0.29, 0.717) is 22.0 Å². The fraction of sp³-hybridized carbons (Fsp3) is 0. The van der Waals surface area contributed by atoms with E-state index < -0.39 is 0 Å². The molecule has 0 spiro atoms. The molecule has 0 aliphatic rings. The van der Waals surface area contributed by atoms with E-state index in [0.717, 1.165) is 5.56 Å². The number of oxazole rings is 1. The van der Waals surface area contributed by atoms with Gasteiger partial charge in [0, 0.05) is 11.1 Å². The van der Waals surface area contributed by atoms with Gasteiger partial charge in [0.05, 0.1) is 0 Å². The molecule has 2 aromatic carbocycles. The highest BCUT2D eigenvalue weighted by molar-refractivity contribution is 6.31. The normalized spacial score (nSPS) is 11.5. The van der Waals surface area contributed by atoms with Gasteiger partial charge in [0.25, 0.3) is 0 Å². The van der Waals surface area contributed by atoms with Crippen LogP contribution in [0.25, 0.3) is 23.3 Å². The van der Waals surface area contributed by atoms with E-state index in [-0.39, 0.29) is 5.82 Å². The van der Waals surface area contributed by atoms with Crippen LogP contribution in [0.5, 0.6) is 0 Å². The highest BCUT2D eigenvalue weighted by atomic mass is 35.5. The van der Waals surface area contributed by atoms with E-state index in [4.69, 9.17) is 16.0 Å². The summed E-state index contributed by atoms with van der Waals surface area (Å²) in [6, 6.07) is 11.5. The van der Waals surface area contributed by atoms with E-state index in [9.17, 15) is 4.39 Å². The zero-order chi connectivity index (χ0) is 13.2. The van der Waals surface area contributed by atoms with Crippen molar-refractivity contribution in [2.24, 2.45) is 0 Å². The number of halogens is 2. The van der Waals surface area contributed by atoms with E-state index in [1.165, 1.54) is 12.1 Å². The highest BCUT2D eigenvalue weighted by Gasteiger charge is 2.03. The third kappa shape index (κ3) is 2.66. The molecule has 0 amide bonds. The topological polar surface area (TPSA) is 26.0 Å². The van der Waals surface area contributed by atoms with Gasteiger partial charge in [-0.3, -0.25) is 0 Å². The molecule has 2 nitrogen and oxygen atoms in total. The fourth-order valence-corrected chi connectivity index (χ4v) is 1.93. The summed E-state index contributed by atoms with van der Waals surface area (Å²) < 4.78 is 18.5. The smallest absolute Gasteiger partial charge is 0.220 e. The van der Waals surface area contributed by atoms with Gasteiger partial charge < -0.3 is 4.42 Å². The maximum atomic E-state index is 13.0. The quantitative estimate of drug-likeness (QED) is 0.671. The number of hydrogen-bond donors (Lipinski definition) is 0. The molecule has 0 N–H and O–H groups in total. The van der Waals surface area contributed by atoms with Crippen LogP contribution in [0.15, 0.2) is 46.9 Å². The largest absolute Gasteiger partial charge is 0.437 e. The highest BCUT2D eigenvalue weighted by Crippen LogP contribution is 2.21. The van der Waals surface area contributed by atoms with Crippen LogP contribution in [0.3, 0.4) is 0 Å². The minimum absolute atomic E-state index is 0.272. The van der Waals surface area contributed by atoms with Gasteiger partial charge in [-0.1, -0.05) is 23.7 Å². The van der Waals surface area contributed by atoms with E-state index in [1.807, 2.05) is 0 Å². The minimum Gasteiger partial charge on any atom is -0.437 e. The summed E-state index contributed by atoms with van der Waals surface area (Å²) in [4.78, 5) is 4.28. The predicted octanol–water partition coefficient (Wildman–Crippen LogP) is 4.79. The standard InChI is InChI=1S/C15H9ClFNO/c16-11-5-6-14-13(9-11)18-15(19-14)7-4-10-2-1-3-12(17)8-10/h1-9H/b7-4+. The monoisotopic (exact) mass is 273 g/mol. The van der Waals surface area contributed by atoms with E-state index >= 15 is 0 Å².